The molecular weight excluding hydrogens is 416 g/mol. The molecule has 1 fully saturated rings. The van der Waals surface area contributed by atoms with Crippen molar-refractivity contribution in [3.63, 3.8) is 0 Å². The first-order valence-corrected chi connectivity index (χ1v) is 11.4. The third kappa shape index (κ3) is 3.31. The third-order valence-electron chi connectivity index (χ3n) is 6.93. The van der Waals surface area contributed by atoms with Crippen molar-refractivity contribution >= 4 is 11.6 Å². The van der Waals surface area contributed by atoms with E-state index in [9.17, 15) is 9.90 Å². The van der Waals surface area contributed by atoms with Gasteiger partial charge < -0.3 is 9.63 Å². The Labute approximate surface area is 191 Å². The summed E-state index contributed by atoms with van der Waals surface area (Å²) in [6.45, 7) is 0. The average molecular weight is 441 g/mol. The number of phenolic OH excluding ortho intramolecular Hbond substituents is 1. The Kier molecular flexibility index (Phi) is 4.75. The summed E-state index contributed by atoms with van der Waals surface area (Å²) in [6, 6.07) is 16.7. The molecule has 166 valence electrons. The largest absolute Gasteiger partial charge is 0.508 e. The van der Waals surface area contributed by atoms with Crippen molar-refractivity contribution in [2.24, 2.45) is 5.92 Å². The molecular formula is C26H24N4O3. The van der Waals surface area contributed by atoms with Crippen molar-refractivity contribution in [2.75, 3.05) is 4.90 Å². The number of anilines is 1. The van der Waals surface area contributed by atoms with E-state index >= 15 is 0 Å². The first-order chi connectivity index (χ1) is 16.2. The summed E-state index contributed by atoms with van der Waals surface area (Å²) in [5.74, 6) is 0.527. The van der Waals surface area contributed by atoms with Gasteiger partial charge in [-0.1, -0.05) is 36.6 Å². The number of fused-ring (bicyclic) bond motifs is 1. The van der Waals surface area contributed by atoms with E-state index in [1.165, 1.54) is 19.3 Å². The summed E-state index contributed by atoms with van der Waals surface area (Å²) in [5.41, 5.74) is 5.79. The molecule has 1 unspecified atom stereocenters. The van der Waals surface area contributed by atoms with Crippen LogP contribution in [0.15, 0.2) is 65.4 Å². The van der Waals surface area contributed by atoms with E-state index in [0.717, 1.165) is 46.6 Å². The zero-order chi connectivity index (χ0) is 22.4. The average Bonchev–Trinajstić information content (AvgIpc) is 3.59. The van der Waals surface area contributed by atoms with E-state index in [2.05, 4.69) is 15.4 Å². The second-order valence-electron chi connectivity index (χ2n) is 8.86. The fourth-order valence-electron chi connectivity index (χ4n) is 5.35. The smallest absolute Gasteiger partial charge is 0.277 e. The van der Waals surface area contributed by atoms with Crippen LogP contribution >= 0.6 is 0 Å². The van der Waals surface area contributed by atoms with Crippen LogP contribution in [0.3, 0.4) is 0 Å². The number of carbonyl (C=O) groups is 1. The highest BCUT2D eigenvalue weighted by molar-refractivity contribution is 6.11. The van der Waals surface area contributed by atoms with Crippen LogP contribution in [-0.4, -0.2) is 26.4 Å². The highest BCUT2D eigenvalue weighted by Crippen LogP contribution is 2.49. The Morgan fingerprint density at radius 2 is 1.67 bits per heavy atom. The quantitative estimate of drug-likeness (QED) is 0.423. The number of carbonyl (C=O) groups excluding carboxylic acids is 1. The second kappa shape index (κ2) is 7.92. The number of amides is 1. The topological polar surface area (TPSA) is 95.2 Å². The number of phenols is 1. The Balaban J connectivity index is 1.44. The van der Waals surface area contributed by atoms with Crippen LogP contribution in [0.5, 0.6) is 5.75 Å². The molecule has 1 saturated carbocycles. The first kappa shape index (κ1) is 19.8. The zero-order valence-corrected chi connectivity index (χ0v) is 18.1. The summed E-state index contributed by atoms with van der Waals surface area (Å²) in [4.78, 5) is 15.6. The van der Waals surface area contributed by atoms with Gasteiger partial charge >= 0.3 is 0 Å². The summed E-state index contributed by atoms with van der Waals surface area (Å²) in [6.07, 6.45) is 7.32. The number of aromatic nitrogens is 3. The Morgan fingerprint density at radius 1 is 0.939 bits per heavy atom. The molecule has 1 aliphatic heterocycles. The summed E-state index contributed by atoms with van der Waals surface area (Å²) in [7, 11) is 0. The molecule has 0 radical (unpaired) electrons. The van der Waals surface area contributed by atoms with Gasteiger partial charge in [-0.25, -0.2) is 0 Å². The van der Waals surface area contributed by atoms with E-state index in [-0.39, 0.29) is 17.7 Å². The molecule has 2 aromatic heterocycles. The van der Waals surface area contributed by atoms with E-state index in [1.807, 2.05) is 47.4 Å². The van der Waals surface area contributed by atoms with Crippen molar-refractivity contribution < 1.29 is 14.4 Å². The molecule has 0 saturated heterocycles. The number of H-pyrrole nitrogens is 1. The Morgan fingerprint density at radius 3 is 2.36 bits per heavy atom. The van der Waals surface area contributed by atoms with Gasteiger partial charge in [0.1, 0.15) is 23.4 Å². The van der Waals surface area contributed by atoms with Gasteiger partial charge in [0.2, 0.25) is 0 Å². The molecule has 2 aromatic carbocycles. The van der Waals surface area contributed by atoms with Crippen LogP contribution in [0.1, 0.15) is 54.2 Å². The monoisotopic (exact) mass is 440 g/mol. The predicted molar refractivity (Wildman–Crippen MR) is 124 cm³/mol. The molecule has 7 nitrogen and oxygen atoms in total. The zero-order valence-electron chi connectivity index (χ0n) is 18.1. The van der Waals surface area contributed by atoms with Crippen LogP contribution in [0.2, 0.25) is 0 Å². The first-order valence-electron chi connectivity index (χ1n) is 11.4. The summed E-state index contributed by atoms with van der Waals surface area (Å²) in [5, 5.41) is 21.3. The van der Waals surface area contributed by atoms with Crippen LogP contribution in [-0.2, 0) is 0 Å². The molecule has 7 heteroatoms. The number of rotatable bonds is 4. The van der Waals surface area contributed by atoms with Crippen molar-refractivity contribution in [3.8, 4) is 28.3 Å². The maximum atomic E-state index is 13.6. The minimum Gasteiger partial charge on any atom is -0.508 e. The minimum atomic E-state index is -0.0757. The van der Waals surface area contributed by atoms with Crippen molar-refractivity contribution in [2.45, 2.75) is 38.1 Å². The minimum absolute atomic E-state index is 0.0488. The summed E-state index contributed by atoms with van der Waals surface area (Å²) < 4.78 is 4.97. The van der Waals surface area contributed by atoms with Gasteiger partial charge in [0.05, 0.1) is 11.7 Å². The van der Waals surface area contributed by atoms with Gasteiger partial charge in [-0.05, 0) is 55.2 Å². The number of aromatic amines is 1. The predicted octanol–water partition coefficient (Wildman–Crippen LogP) is 5.72. The van der Waals surface area contributed by atoms with E-state index in [0.29, 0.717) is 11.6 Å². The molecule has 3 heterocycles. The standard InChI is InChI=1S/C26H24N4O3/c31-20-12-8-17(9-13-20)23-22-24(28-27-23)26(32)30(25(22)18-4-2-1-3-5-18)19-10-6-16(7-11-19)21-14-15-33-29-21/h6-15,18,25,31H,1-5H2,(H,27,28). The lowest BCUT2D eigenvalue weighted by Gasteiger charge is -2.35. The maximum absolute atomic E-state index is 13.6. The van der Waals surface area contributed by atoms with Gasteiger partial charge in [-0.2, -0.15) is 5.10 Å². The molecule has 2 N–H and O–H groups in total. The molecule has 4 aromatic rings. The van der Waals surface area contributed by atoms with Crippen molar-refractivity contribution in [1.82, 2.24) is 15.4 Å². The second-order valence-corrected chi connectivity index (χ2v) is 8.86. The van der Waals surface area contributed by atoms with Gasteiger partial charge in [-0.3, -0.25) is 14.8 Å². The maximum Gasteiger partial charge on any atom is 0.277 e. The van der Waals surface area contributed by atoms with Crippen LogP contribution in [0, 0.1) is 5.92 Å². The molecule has 2 aliphatic rings. The normalized spacial score (nSPS) is 18.6. The van der Waals surface area contributed by atoms with Gasteiger partial charge in [0.25, 0.3) is 5.91 Å². The Bertz CT molecular complexity index is 1270. The van der Waals surface area contributed by atoms with Gasteiger partial charge in [0.15, 0.2) is 0 Å². The molecule has 1 amide bonds. The number of benzene rings is 2. The van der Waals surface area contributed by atoms with E-state index in [4.69, 9.17) is 4.52 Å². The summed E-state index contributed by atoms with van der Waals surface area (Å²) >= 11 is 0. The molecule has 0 spiro atoms. The number of nitrogens with zero attached hydrogens (tertiary/aromatic N) is 3. The highest BCUT2D eigenvalue weighted by atomic mass is 16.5. The van der Waals surface area contributed by atoms with Crippen LogP contribution in [0.25, 0.3) is 22.5 Å². The van der Waals surface area contributed by atoms with Gasteiger partial charge in [0, 0.05) is 28.4 Å². The lowest BCUT2D eigenvalue weighted by atomic mass is 9.80. The van der Waals surface area contributed by atoms with Crippen LogP contribution < -0.4 is 4.90 Å². The molecule has 1 aliphatic carbocycles. The lowest BCUT2D eigenvalue weighted by Crippen LogP contribution is -2.33. The fraction of sp³-hybridized carbons (Fsp3) is 0.269. The molecule has 0 bridgehead atoms. The highest BCUT2D eigenvalue weighted by Gasteiger charge is 2.45. The molecule has 1 atom stereocenters. The number of nitrogens with one attached hydrogen (secondary N) is 1. The van der Waals surface area contributed by atoms with Gasteiger partial charge in [-0.15, -0.1) is 0 Å². The fourth-order valence-corrected chi connectivity index (χ4v) is 5.35. The lowest BCUT2D eigenvalue weighted by molar-refractivity contribution is 0.0977. The van der Waals surface area contributed by atoms with Crippen LogP contribution in [0.4, 0.5) is 5.69 Å². The molecule has 6 rings (SSSR count). The number of hydrogen-bond acceptors (Lipinski definition) is 5. The molecule has 33 heavy (non-hydrogen) atoms. The SMILES string of the molecule is O=C1c2[nH]nc(-c3ccc(O)cc3)c2C(C2CCCCC2)N1c1ccc(-c2ccon2)cc1. The third-order valence-corrected chi connectivity index (χ3v) is 6.93. The van der Waals surface area contributed by atoms with E-state index in [1.54, 1.807) is 18.4 Å². The number of hydrogen-bond donors (Lipinski definition) is 2. The van der Waals surface area contributed by atoms with Crippen molar-refractivity contribution in [3.05, 3.63) is 72.1 Å². The Hall–Kier alpha value is -3.87. The number of aromatic hydroxyl groups is 1. The van der Waals surface area contributed by atoms with Crippen molar-refractivity contribution in [1.29, 1.82) is 0 Å². The van der Waals surface area contributed by atoms with E-state index < -0.39 is 0 Å².